The van der Waals surface area contributed by atoms with Gasteiger partial charge in [-0.25, -0.2) is 4.98 Å². The summed E-state index contributed by atoms with van der Waals surface area (Å²) in [5.74, 6) is -0.904. The topological polar surface area (TPSA) is 67.2 Å². The van der Waals surface area contributed by atoms with Gasteiger partial charge in [-0.2, -0.15) is 13.2 Å². The van der Waals surface area contributed by atoms with Gasteiger partial charge in [-0.05, 0) is 19.1 Å². The van der Waals surface area contributed by atoms with E-state index in [1.807, 2.05) is 0 Å². The van der Waals surface area contributed by atoms with Crippen LogP contribution in [-0.2, 0) is 17.9 Å². The van der Waals surface area contributed by atoms with E-state index in [2.05, 4.69) is 10.3 Å². The number of nitrogens with one attached hydrogen (secondary N) is 1. The highest BCUT2D eigenvalue weighted by Crippen LogP contribution is 2.19. The Labute approximate surface area is 158 Å². The van der Waals surface area contributed by atoms with Crippen molar-refractivity contribution in [2.45, 2.75) is 32.2 Å². The van der Waals surface area contributed by atoms with Gasteiger partial charge >= 0.3 is 6.18 Å². The first-order chi connectivity index (χ1) is 12.6. The molecule has 10 heteroatoms. The summed E-state index contributed by atoms with van der Waals surface area (Å²) in [6.45, 7) is 0.160. The number of amides is 2. The molecule has 1 unspecified atom stereocenters. The second-order valence-electron chi connectivity index (χ2n) is 5.96. The highest BCUT2D eigenvalue weighted by Gasteiger charge is 2.29. The van der Waals surface area contributed by atoms with Crippen LogP contribution in [0.25, 0.3) is 0 Å². The Balaban J connectivity index is 2.00. The third-order valence-electron chi connectivity index (χ3n) is 3.74. The van der Waals surface area contributed by atoms with Crippen LogP contribution in [0.2, 0.25) is 5.02 Å². The predicted octanol–water partition coefficient (Wildman–Crippen LogP) is 2.88. The molecule has 0 bridgehead atoms. The van der Waals surface area contributed by atoms with E-state index < -0.39 is 30.6 Å². The van der Waals surface area contributed by atoms with Crippen LogP contribution in [0, 0.1) is 0 Å². The monoisotopic (exact) mass is 402 g/mol. The lowest BCUT2D eigenvalue weighted by Crippen LogP contribution is -2.45. The number of alkyl halides is 3. The van der Waals surface area contributed by atoms with Crippen LogP contribution in [0.5, 0.6) is 0 Å². The number of carbonyl (C=O) groups is 2. The summed E-state index contributed by atoms with van der Waals surface area (Å²) in [6.07, 6.45) is -1.96. The molecule has 1 aromatic carbocycles. The largest absolute Gasteiger partial charge is 0.406 e. The molecule has 1 aromatic heterocycles. The minimum absolute atomic E-state index is 0.0906. The van der Waals surface area contributed by atoms with Crippen LogP contribution in [0.4, 0.5) is 13.2 Å². The quantitative estimate of drug-likeness (QED) is 0.808. The molecule has 6 nitrogen and oxygen atoms in total. The smallest absolute Gasteiger partial charge is 0.340 e. The van der Waals surface area contributed by atoms with Crippen LogP contribution >= 0.6 is 11.6 Å². The average molecular weight is 403 g/mol. The summed E-state index contributed by atoms with van der Waals surface area (Å²) in [7, 11) is 1.42. The van der Waals surface area contributed by atoms with E-state index in [0.717, 1.165) is 4.57 Å². The fourth-order valence-electron chi connectivity index (χ4n) is 2.43. The van der Waals surface area contributed by atoms with E-state index in [4.69, 9.17) is 11.6 Å². The number of imidazole rings is 1. The molecule has 0 aliphatic heterocycles. The van der Waals surface area contributed by atoms with Gasteiger partial charge in [0, 0.05) is 19.4 Å². The molecule has 2 rings (SSSR count). The lowest BCUT2D eigenvalue weighted by atomic mass is 10.2. The Kier molecular flexibility index (Phi) is 6.48. The molecule has 27 heavy (non-hydrogen) atoms. The minimum atomic E-state index is -4.39. The van der Waals surface area contributed by atoms with Gasteiger partial charge in [0.15, 0.2) is 0 Å². The molecule has 2 aromatic rings. The molecular weight excluding hydrogens is 385 g/mol. The molecule has 1 N–H and O–H groups in total. The number of nitrogens with zero attached hydrogens (tertiary/aromatic N) is 3. The first-order valence-electron chi connectivity index (χ1n) is 7.95. The van der Waals surface area contributed by atoms with Crippen molar-refractivity contribution in [1.82, 2.24) is 19.8 Å². The molecule has 0 aliphatic carbocycles. The van der Waals surface area contributed by atoms with Crippen LogP contribution in [0.3, 0.4) is 0 Å². The van der Waals surface area contributed by atoms with Crippen LogP contribution < -0.4 is 5.32 Å². The van der Waals surface area contributed by atoms with Crippen LogP contribution in [-0.4, -0.2) is 45.5 Å². The fourth-order valence-corrected chi connectivity index (χ4v) is 2.65. The SMILES string of the molecule is CC(NC(=O)c1ccccc1Cl)C(=O)N(C)Cc1nccn1CC(F)(F)F. The zero-order valence-corrected chi connectivity index (χ0v) is 15.4. The summed E-state index contributed by atoms with van der Waals surface area (Å²) < 4.78 is 38.6. The van der Waals surface area contributed by atoms with E-state index >= 15 is 0 Å². The second-order valence-corrected chi connectivity index (χ2v) is 6.36. The molecular formula is C17H18ClF3N4O2. The molecule has 0 radical (unpaired) electrons. The van der Waals surface area contributed by atoms with Gasteiger partial charge in [0.1, 0.15) is 18.4 Å². The zero-order valence-electron chi connectivity index (χ0n) is 14.6. The van der Waals surface area contributed by atoms with Crippen molar-refractivity contribution in [2.24, 2.45) is 0 Å². The van der Waals surface area contributed by atoms with Crippen molar-refractivity contribution < 1.29 is 22.8 Å². The van der Waals surface area contributed by atoms with Gasteiger partial charge in [0.2, 0.25) is 5.91 Å². The van der Waals surface area contributed by atoms with Gasteiger partial charge in [-0.15, -0.1) is 0 Å². The average Bonchev–Trinajstić information content (AvgIpc) is 2.99. The van der Waals surface area contributed by atoms with Crippen molar-refractivity contribution in [1.29, 1.82) is 0 Å². The lowest BCUT2D eigenvalue weighted by molar-refractivity contribution is -0.141. The van der Waals surface area contributed by atoms with E-state index in [9.17, 15) is 22.8 Å². The number of halogens is 4. The van der Waals surface area contributed by atoms with E-state index in [-0.39, 0.29) is 23.0 Å². The Morgan fingerprint density at radius 3 is 2.63 bits per heavy atom. The van der Waals surface area contributed by atoms with Gasteiger partial charge in [-0.3, -0.25) is 9.59 Å². The Hall–Kier alpha value is -2.55. The number of hydrogen-bond acceptors (Lipinski definition) is 3. The molecule has 0 spiro atoms. The highest BCUT2D eigenvalue weighted by molar-refractivity contribution is 6.33. The number of aromatic nitrogens is 2. The standard InChI is InChI=1S/C17H18ClF3N4O2/c1-11(23-15(26)12-5-3-4-6-13(12)18)16(27)24(2)9-14-22-7-8-25(14)10-17(19,20)21/h3-8,11H,9-10H2,1-2H3,(H,23,26). The third kappa shape index (κ3) is 5.72. The maximum atomic E-state index is 12.6. The number of benzene rings is 1. The normalized spacial score (nSPS) is 12.5. The number of likely N-dealkylation sites (N-methyl/N-ethyl adjacent to an activating group) is 1. The first kappa shape index (κ1) is 20.8. The molecule has 2 amide bonds. The molecule has 0 aliphatic rings. The van der Waals surface area contributed by atoms with Crippen LogP contribution in [0.1, 0.15) is 23.1 Å². The Morgan fingerprint density at radius 1 is 1.33 bits per heavy atom. The molecule has 146 valence electrons. The minimum Gasteiger partial charge on any atom is -0.340 e. The summed E-state index contributed by atoms with van der Waals surface area (Å²) in [5, 5.41) is 2.78. The van der Waals surface area contributed by atoms with Gasteiger partial charge in [0.25, 0.3) is 5.91 Å². The molecule has 0 fully saturated rings. The van der Waals surface area contributed by atoms with Crippen molar-refractivity contribution in [2.75, 3.05) is 7.05 Å². The van der Waals surface area contributed by atoms with Crippen molar-refractivity contribution in [3.63, 3.8) is 0 Å². The number of rotatable bonds is 6. The Bertz CT molecular complexity index is 823. The van der Waals surface area contributed by atoms with Crippen LogP contribution in [0.15, 0.2) is 36.7 Å². The van der Waals surface area contributed by atoms with Gasteiger partial charge in [-0.1, -0.05) is 23.7 Å². The summed E-state index contributed by atoms with van der Waals surface area (Å²) >= 11 is 5.95. The highest BCUT2D eigenvalue weighted by atomic mass is 35.5. The van der Waals surface area contributed by atoms with Gasteiger partial charge in [0.05, 0.1) is 17.1 Å². The zero-order chi connectivity index (χ0) is 20.2. The van der Waals surface area contributed by atoms with Crippen molar-refractivity contribution in [3.05, 3.63) is 53.1 Å². The van der Waals surface area contributed by atoms with Gasteiger partial charge < -0.3 is 14.8 Å². The molecule has 0 saturated heterocycles. The lowest BCUT2D eigenvalue weighted by Gasteiger charge is -2.22. The summed E-state index contributed by atoms with van der Waals surface area (Å²) in [4.78, 5) is 29.7. The first-order valence-corrected chi connectivity index (χ1v) is 8.33. The number of hydrogen-bond donors (Lipinski definition) is 1. The second kappa shape index (κ2) is 8.43. The Morgan fingerprint density at radius 2 is 2.00 bits per heavy atom. The van der Waals surface area contributed by atoms with E-state index in [1.54, 1.807) is 18.2 Å². The molecule has 0 saturated carbocycles. The molecule has 1 heterocycles. The van der Waals surface area contributed by atoms with E-state index in [1.165, 1.54) is 37.3 Å². The predicted molar refractivity (Wildman–Crippen MR) is 93.1 cm³/mol. The third-order valence-corrected chi connectivity index (χ3v) is 4.07. The maximum Gasteiger partial charge on any atom is 0.406 e. The number of carbonyl (C=O) groups excluding carboxylic acids is 2. The summed E-state index contributed by atoms with van der Waals surface area (Å²) in [5.41, 5.74) is 0.224. The maximum absolute atomic E-state index is 12.6. The molecule has 1 atom stereocenters. The van der Waals surface area contributed by atoms with Crippen molar-refractivity contribution in [3.8, 4) is 0 Å². The summed E-state index contributed by atoms with van der Waals surface area (Å²) in [6, 6.07) is 5.48. The fraction of sp³-hybridized carbons (Fsp3) is 0.353. The van der Waals surface area contributed by atoms with Crippen molar-refractivity contribution >= 4 is 23.4 Å². The van der Waals surface area contributed by atoms with E-state index in [0.29, 0.717) is 0 Å².